The number of carbonyl (C=O) groups is 1. The number of hydrogen-bond acceptors (Lipinski definition) is 5. The van der Waals surface area contributed by atoms with Crippen LogP contribution in [0.15, 0.2) is 36.7 Å². The largest absolute Gasteiger partial charge is 0.416 e. The Balaban J connectivity index is 0.00000361. The van der Waals surface area contributed by atoms with Crippen LogP contribution in [0.25, 0.3) is 0 Å². The number of benzene rings is 1. The van der Waals surface area contributed by atoms with Crippen molar-refractivity contribution in [1.82, 2.24) is 14.8 Å². The molecular formula is C24H28F4N6OS. The molecule has 2 aromatic heterocycles. The van der Waals surface area contributed by atoms with Gasteiger partial charge in [-0.05, 0) is 36.6 Å². The van der Waals surface area contributed by atoms with Gasteiger partial charge in [0.25, 0.3) is 0 Å². The minimum atomic E-state index is -4.62. The Morgan fingerprint density at radius 1 is 1.17 bits per heavy atom. The van der Waals surface area contributed by atoms with Crippen LogP contribution >= 0.6 is 13.5 Å². The Morgan fingerprint density at radius 2 is 1.89 bits per heavy atom. The highest BCUT2D eigenvalue weighted by atomic mass is 32.1. The van der Waals surface area contributed by atoms with Gasteiger partial charge in [-0.15, -0.1) is 0 Å². The Kier molecular flexibility index (Phi) is 7.87. The molecule has 0 aliphatic carbocycles. The average molecular weight is 525 g/mol. The van der Waals surface area contributed by atoms with Crippen LogP contribution in [0.2, 0.25) is 0 Å². The third kappa shape index (κ3) is 5.75. The van der Waals surface area contributed by atoms with E-state index in [4.69, 9.17) is 0 Å². The number of anilines is 3. The first kappa shape index (κ1) is 27.3. The number of alkyl halides is 3. The zero-order chi connectivity index (χ0) is 25.5. The van der Waals surface area contributed by atoms with Gasteiger partial charge in [-0.25, -0.2) is 9.37 Å². The van der Waals surface area contributed by atoms with E-state index in [1.165, 1.54) is 4.68 Å². The standard InChI is InChI=1S/C24H26F4N6O.H2S/c1-13(2)22-23(35)32-21-14(3)31-20(8-19(21)33(22)4)29-9-16-10-30-34(12-16)11-15-5-17(24(26,27)28)7-18(25)6-15;/h5-8,10,12-13,22H,9,11H2,1-4H3,(H,29,31)(H,32,35);1H2/t22-;/m0./s1. The van der Waals surface area contributed by atoms with Gasteiger partial charge in [-0.3, -0.25) is 9.48 Å². The highest BCUT2D eigenvalue weighted by Gasteiger charge is 2.34. The smallest absolute Gasteiger partial charge is 0.366 e. The molecule has 1 amide bonds. The highest BCUT2D eigenvalue weighted by Crippen LogP contribution is 2.36. The first-order chi connectivity index (χ1) is 16.4. The minimum absolute atomic E-state index is 0. The number of pyridine rings is 1. The van der Waals surface area contributed by atoms with Gasteiger partial charge in [-0.2, -0.15) is 31.8 Å². The molecule has 3 aromatic rings. The van der Waals surface area contributed by atoms with Crippen molar-refractivity contribution in [2.75, 3.05) is 22.6 Å². The summed E-state index contributed by atoms with van der Waals surface area (Å²) in [5.41, 5.74) is 2.13. The fourth-order valence-corrected chi connectivity index (χ4v) is 4.32. The summed E-state index contributed by atoms with van der Waals surface area (Å²) in [5.74, 6) is -0.277. The molecule has 3 heterocycles. The minimum Gasteiger partial charge on any atom is -0.366 e. The van der Waals surface area contributed by atoms with Crippen LogP contribution in [-0.4, -0.2) is 33.8 Å². The lowest BCUT2D eigenvalue weighted by atomic mass is 9.98. The van der Waals surface area contributed by atoms with Crippen molar-refractivity contribution in [2.24, 2.45) is 5.92 Å². The number of nitrogens with zero attached hydrogens (tertiary/aromatic N) is 4. The number of hydrogen-bond donors (Lipinski definition) is 2. The molecule has 1 aromatic carbocycles. The summed E-state index contributed by atoms with van der Waals surface area (Å²) in [4.78, 5) is 19.0. The molecule has 7 nitrogen and oxygen atoms in total. The number of aromatic nitrogens is 3. The van der Waals surface area contributed by atoms with Gasteiger partial charge in [0, 0.05) is 31.4 Å². The van der Waals surface area contributed by atoms with Crippen molar-refractivity contribution < 1.29 is 22.4 Å². The second kappa shape index (κ2) is 10.4. The Morgan fingerprint density at radius 3 is 2.56 bits per heavy atom. The molecule has 12 heteroatoms. The maximum atomic E-state index is 13.7. The first-order valence-corrected chi connectivity index (χ1v) is 11.1. The lowest BCUT2D eigenvalue weighted by molar-refractivity contribution is -0.137. The lowest BCUT2D eigenvalue weighted by Crippen LogP contribution is -2.49. The molecule has 2 N–H and O–H groups in total. The molecule has 194 valence electrons. The van der Waals surface area contributed by atoms with E-state index in [2.05, 4.69) is 20.7 Å². The van der Waals surface area contributed by atoms with Crippen molar-refractivity contribution in [3.05, 3.63) is 64.9 Å². The molecule has 0 saturated heterocycles. The van der Waals surface area contributed by atoms with Gasteiger partial charge in [0.2, 0.25) is 5.91 Å². The van der Waals surface area contributed by atoms with Crippen LogP contribution in [0.3, 0.4) is 0 Å². The molecule has 0 saturated carbocycles. The molecule has 0 bridgehead atoms. The molecule has 0 unspecified atom stereocenters. The average Bonchev–Trinajstić information content (AvgIpc) is 3.19. The number of carbonyl (C=O) groups excluding carboxylic acids is 1. The summed E-state index contributed by atoms with van der Waals surface area (Å²) < 4.78 is 54.0. The van der Waals surface area contributed by atoms with E-state index >= 15 is 0 Å². The number of rotatable bonds is 6. The first-order valence-electron chi connectivity index (χ1n) is 11.1. The van der Waals surface area contributed by atoms with Crippen LogP contribution in [0, 0.1) is 18.7 Å². The monoisotopic (exact) mass is 524 g/mol. The molecular weight excluding hydrogens is 496 g/mol. The third-order valence-corrected chi connectivity index (χ3v) is 5.91. The van der Waals surface area contributed by atoms with E-state index in [9.17, 15) is 22.4 Å². The number of likely N-dealkylation sites (N-methyl/N-ethyl adjacent to an activating group) is 1. The molecule has 0 spiro atoms. The molecule has 0 fully saturated rings. The number of halogens is 4. The van der Waals surface area contributed by atoms with E-state index in [1.54, 1.807) is 12.4 Å². The summed E-state index contributed by atoms with van der Waals surface area (Å²) >= 11 is 0. The van der Waals surface area contributed by atoms with Crippen LogP contribution < -0.4 is 15.5 Å². The Hall–Kier alpha value is -3.28. The molecule has 36 heavy (non-hydrogen) atoms. The SMILES string of the molecule is Cc1nc(NCc2cnn(Cc3cc(F)cc(C(F)(F)F)c3)c2)cc2c1NC(=O)[C@H](C(C)C)N2C.S. The van der Waals surface area contributed by atoms with Gasteiger partial charge >= 0.3 is 6.18 Å². The van der Waals surface area contributed by atoms with Gasteiger partial charge < -0.3 is 15.5 Å². The predicted molar refractivity (Wildman–Crippen MR) is 135 cm³/mol. The summed E-state index contributed by atoms with van der Waals surface area (Å²) in [5, 5.41) is 10.4. The second-order valence-corrected chi connectivity index (χ2v) is 9.02. The lowest BCUT2D eigenvalue weighted by Gasteiger charge is -2.38. The van der Waals surface area contributed by atoms with Gasteiger partial charge in [0.05, 0.1) is 35.4 Å². The maximum Gasteiger partial charge on any atom is 0.416 e. The fraction of sp³-hybridized carbons (Fsp3) is 0.375. The van der Waals surface area contributed by atoms with Crippen molar-refractivity contribution >= 4 is 36.6 Å². The van der Waals surface area contributed by atoms with Crippen molar-refractivity contribution in [2.45, 2.75) is 46.1 Å². The third-order valence-electron chi connectivity index (χ3n) is 5.91. The van der Waals surface area contributed by atoms with E-state index in [0.29, 0.717) is 29.8 Å². The Labute approximate surface area is 213 Å². The van der Waals surface area contributed by atoms with E-state index in [0.717, 1.165) is 23.4 Å². The number of aryl methyl sites for hydroxylation is 1. The van der Waals surface area contributed by atoms with Crippen LogP contribution in [0.1, 0.15) is 36.2 Å². The summed E-state index contributed by atoms with van der Waals surface area (Å²) in [6, 6.07) is 4.03. The van der Waals surface area contributed by atoms with Crippen LogP contribution in [0.4, 0.5) is 34.8 Å². The Bertz CT molecular complexity index is 1260. The predicted octanol–water partition coefficient (Wildman–Crippen LogP) is 4.93. The molecule has 1 aliphatic heterocycles. The summed E-state index contributed by atoms with van der Waals surface area (Å²) in [7, 11) is 1.88. The topological polar surface area (TPSA) is 75.1 Å². The number of amides is 1. The highest BCUT2D eigenvalue weighted by molar-refractivity contribution is 7.59. The van der Waals surface area contributed by atoms with Crippen LogP contribution in [-0.2, 0) is 24.1 Å². The fourth-order valence-electron chi connectivity index (χ4n) is 4.32. The van der Waals surface area contributed by atoms with E-state index < -0.39 is 17.6 Å². The van der Waals surface area contributed by atoms with E-state index in [-0.39, 0.29) is 43.5 Å². The zero-order valence-corrected chi connectivity index (χ0v) is 21.2. The quantitative estimate of drug-likeness (QED) is 0.448. The number of fused-ring (bicyclic) bond motifs is 1. The summed E-state index contributed by atoms with van der Waals surface area (Å²) in [6.45, 7) is 6.17. The van der Waals surface area contributed by atoms with Crippen LogP contribution in [0.5, 0.6) is 0 Å². The molecule has 1 aliphatic rings. The van der Waals surface area contributed by atoms with Crippen molar-refractivity contribution in [1.29, 1.82) is 0 Å². The molecule has 0 radical (unpaired) electrons. The normalized spacial score (nSPS) is 15.4. The van der Waals surface area contributed by atoms with Gasteiger partial charge in [0.1, 0.15) is 17.7 Å². The summed E-state index contributed by atoms with van der Waals surface area (Å²) in [6.07, 6.45) is -1.36. The second-order valence-electron chi connectivity index (χ2n) is 9.02. The maximum absolute atomic E-state index is 13.7. The van der Waals surface area contributed by atoms with Gasteiger partial charge in [0.15, 0.2) is 0 Å². The zero-order valence-electron chi connectivity index (χ0n) is 20.2. The molecule has 1 atom stereocenters. The molecule has 4 rings (SSSR count). The van der Waals surface area contributed by atoms with E-state index in [1.807, 2.05) is 38.8 Å². The van der Waals surface area contributed by atoms with Gasteiger partial charge in [-0.1, -0.05) is 13.8 Å². The van der Waals surface area contributed by atoms with Crippen molar-refractivity contribution in [3.63, 3.8) is 0 Å². The van der Waals surface area contributed by atoms with Crippen molar-refractivity contribution in [3.8, 4) is 0 Å². The number of nitrogens with one attached hydrogen (secondary N) is 2.